The van der Waals surface area contributed by atoms with Gasteiger partial charge in [0.25, 0.3) is 0 Å². The van der Waals surface area contributed by atoms with E-state index in [0.717, 1.165) is 31.6 Å². The molecule has 0 saturated carbocycles. The van der Waals surface area contributed by atoms with E-state index in [1.165, 1.54) is 7.11 Å². The fourth-order valence-electron chi connectivity index (χ4n) is 2.52. The number of ether oxygens (including phenoxy) is 2. The minimum absolute atomic E-state index is 0.0275. The average Bonchev–Trinajstić information content (AvgIpc) is 2.94. The molecule has 0 spiro atoms. The van der Waals surface area contributed by atoms with Gasteiger partial charge in [0.2, 0.25) is 0 Å². The van der Waals surface area contributed by atoms with Crippen molar-refractivity contribution in [3.05, 3.63) is 29.3 Å². The number of likely N-dealkylation sites (tertiary alicyclic amines) is 1. The van der Waals surface area contributed by atoms with E-state index in [-0.39, 0.29) is 11.9 Å². The summed E-state index contributed by atoms with van der Waals surface area (Å²) in [6.07, 6.45) is 0.833. The minimum atomic E-state index is -0.134. The number of carbonyl (C=O) groups is 1. The van der Waals surface area contributed by atoms with Crippen LogP contribution >= 0.6 is 0 Å². The van der Waals surface area contributed by atoms with E-state index < -0.39 is 0 Å². The largest absolute Gasteiger partial charge is 0.495 e. The van der Waals surface area contributed by atoms with Gasteiger partial charge in [-0.15, -0.1) is 0 Å². The number of nitrogens with zero attached hydrogens (tertiary/aromatic N) is 2. The molecule has 1 aliphatic heterocycles. The molecule has 0 aromatic heterocycles. The monoisotopic (exact) mass is 274 g/mol. The van der Waals surface area contributed by atoms with Gasteiger partial charge in [0.05, 0.1) is 25.7 Å². The Morgan fingerprint density at radius 1 is 1.50 bits per heavy atom. The molecular formula is C15H18N2O3. The normalized spacial score (nSPS) is 18.6. The SMILES string of the molecule is COC(=O)C1CCN(Cc2ccc(C#N)c(OC)c2)C1. The lowest BCUT2D eigenvalue weighted by Gasteiger charge is -2.16. The maximum atomic E-state index is 11.5. The van der Waals surface area contributed by atoms with Gasteiger partial charge in [0.15, 0.2) is 0 Å². The number of esters is 1. The molecule has 1 fully saturated rings. The fraction of sp³-hybridized carbons (Fsp3) is 0.467. The zero-order chi connectivity index (χ0) is 14.5. The third-order valence-electron chi connectivity index (χ3n) is 3.60. The maximum absolute atomic E-state index is 11.5. The Hall–Kier alpha value is -2.06. The summed E-state index contributed by atoms with van der Waals surface area (Å²) in [4.78, 5) is 13.7. The van der Waals surface area contributed by atoms with Gasteiger partial charge in [0, 0.05) is 13.1 Å². The van der Waals surface area contributed by atoms with Crippen molar-refractivity contribution in [2.24, 2.45) is 5.92 Å². The van der Waals surface area contributed by atoms with Crippen LogP contribution in [0.1, 0.15) is 17.5 Å². The topological polar surface area (TPSA) is 62.6 Å². The van der Waals surface area contributed by atoms with Gasteiger partial charge in [-0.25, -0.2) is 0 Å². The predicted octanol–water partition coefficient (Wildman–Crippen LogP) is 1.56. The lowest BCUT2D eigenvalue weighted by molar-refractivity contribution is -0.144. The lowest BCUT2D eigenvalue weighted by atomic mass is 10.1. The Kier molecular flexibility index (Phi) is 4.59. The van der Waals surface area contributed by atoms with Crippen LogP contribution in [0.5, 0.6) is 5.75 Å². The van der Waals surface area contributed by atoms with Gasteiger partial charge >= 0.3 is 5.97 Å². The van der Waals surface area contributed by atoms with E-state index in [9.17, 15) is 4.79 Å². The standard InChI is InChI=1S/C15H18N2O3/c1-19-14-7-11(3-4-12(14)8-16)9-17-6-5-13(10-17)15(18)20-2/h3-4,7,13H,5-6,9-10H2,1-2H3. The van der Waals surface area contributed by atoms with Crippen molar-refractivity contribution >= 4 is 5.97 Å². The molecule has 20 heavy (non-hydrogen) atoms. The minimum Gasteiger partial charge on any atom is -0.495 e. The van der Waals surface area contributed by atoms with Crippen LogP contribution < -0.4 is 4.74 Å². The summed E-state index contributed by atoms with van der Waals surface area (Å²) in [7, 11) is 2.99. The van der Waals surface area contributed by atoms with Crippen molar-refractivity contribution in [3.63, 3.8) is 0 Å². The van der Waals surface area contributed by atoms with Crippen molar-refractivity contribution in [1.29, 1.82) is 5.26 Å². The third kappa shape index (κ3) is 3.09. The molecule has 1 aromatic rings. The molecule has 1 saturated heterocycles. The Balaban J connectivity index is 2.01. The molecule has 0 amide bonds. The molecule has 1 unspecified atom stereocenters. The number of nitriles is 1. The highest BCUT2D eigenvalue weighted by Crippen LogP contribution is 2.23. The van der Waals surface area contributed by atoms with Crippen LogP contribution in [0.4, 0.5) is 0 Å². The number of rotatable bonds is 4. The van der Waals surface area contributed by atoms with E-state index in [0.29, 0.717) is 11.3 Å². The van der Waals surface area contributed by atoms with Crippen LogP contribution in [0.15, 0.2) is 18.2 Å². The van der Waals surface area contributed by atoms with Gasteiger partial charge in [0.1, 0.15) is 11.8 Å². The van der Waals surface area contributed by atoms with E-state index in [1.807, 2.05) is 12.1 Å². The Morgan fingerprint density at radius 2 is 2.30 bits per heavy atom. The second kappa shape index (κ2) is 6.40. The van der Waals surface area contributed by atoms with Crippen molar-refractivity contribution in [3.8, 4) is 11.8 Å². The van der Waals surface area contributed by atoms with Crippen molar-refractivity contribution in [2.75, 3.05) is 27.3 Å². The third-order valence-corrected chi connectivity index (χ3v) is 3.60. The fourth-order valence-corrected chi connectivity index (χ4v) is 2.52. The van der Waals surface area contributed by atoms with Gasteiger partial charge < -0.3 is 9.47 Å². The molecule has 0 radical (unpaired) electrons. The van der Waals surface area contributed by atoms with E-state index in [1.54, 1.807) is 13.2 Å². The van der Waals surface area contributed by atoms with Crippen LogP contribution in [0.25, 0.3) is 0 Å². The molecule has 1 aliphatic rings. The molecular weight excluding hydrogens is 256 g/mol. The molecule has 0 aliphatic carbocycles. The number of carbonyl (C=O) groups excluding carboxylic acids is 1. The zero-order valence-electron chi connectivity index (χ0n) is 11.8. The van der Waals surface area contributed by atoms with Crippen LogP contribution in [-0.4, -0.2) is 38.2 Å². The first-order chi connectivity index (χ1) is 9.67. The molecule has 1 aromatic carbocycles. The summed E-state index contributed by atoms with van der Waals surface area (Å²) < 4.78 is 9.98. The van der Waals surface area contributed by atoms with Crippen LogP contribution in [0, 0.1) is 17.2 Å². The Morgan fingerprint density at radius 3 is 2.95 bits per heavy atom. The van der Waals surface area contributed by atoms with Gasteiger partial charge in [-0.2, -0.15) is 5.26 Å². The zero-order valence-corrected chi connectivity index (χ0v) is 11.8. The second-order valence-electron chi connectivity index (χ2n) is 4.89. The van der Waals surface area contributed by atoms with Gasteiger partial charge in [-0.05, 0) is 30.7 Å². The summed E-state index contributed by atoms with van der Waals surface area (Å²) in [6, 6.07) is 7.67. The summed E-state index contributed by atoms with van der Waals surface area (Å²) in [6.45, 7) is 2.34. The van der Waals surface area contributed by atoms with Gasteiger partial charge in [-0.3, -0.25) is 9.69 Å². The summed E-state index contributed by atoms with van der Waals surface area (Å²) >= 11 is 0. The molecule has 5 heteroatoms. The smallest absolute Gasteiger partial charge is 0.310 e. The average molecular weight is 274 g/mol. The number of methoxy groups -OCH3 is 2. The summed E-state index contributed by atoms with van der Waals surface area (Å²) in [5, 5.41) is 8.96. The van der Waals surface area contributed by atoms with Crippen molar-refractivity contribution in [2.45, 2.75) is 13.0 Å². The molecule has 5 nitrogen and oxygen atoms in total. The first-order valence-electron chi connectivity index (χ1n) is 6.55. The molecule has 0 N–H and O–H groups in total. The number of hydrogen-bond acceptors (Lipinski definition) is 5. The highest BCUT2D eigenvalue weighted by molar-refractivity contribution is 5.72. The highest BCUT2D eigenvalue weighted by atomic mass is 16.5. The van der Waals surface area contributed by atoms with E-state index >= 15 is 0 Å². The molecule has 2 rings (SSSR count). The first kappa shape index (κ1) is 14.4. The van der Waals surface area contributed by atoms with E-state index in [4.69, 9.17) is 14.7 Å². The lowest BCUT2D eigenvalue weighted by Crippen LogP contribution is -2.23. The van der Waals surface area contributed by atoms with Crippen molar-refractivity contribution in [1.82, 2.24) is 4.90 Å². The highest BCUT2D eigenvalue weighted by Gasteiger charge is 2.28. The molecule has 106 valence electrons. The van der Waals surface area contributed by atoms with Gasteiger partial charge in [-0.1, -0.05) is 6.07 Å². The summed E-state index contributed by atoms with van der Waals surface area (Å²) in [5.74, 6) is 0.430. The second-order valence-corrected chi connectivity index (χ2v) is 4.89. The number of hydrogen-bond donors (Lipinski definition) is 0. The molecule has 1 atom stereocenters. The maximum Gasteiger partial charge on any atom is 0.310 e. The Bertz CT molecular complexity index is 536. The predicted molar refractivity (Wildman–Crippen MR) is 73.1 cm³/mol. The Labute approximate surface area is 118 Å². The number of benzene rings is 1. The van der Waals surface area contributed by atoms with Crippen LogP contribution in [0.3, 0.4) is 0 Å². The molecule has 0 bridgehead atoms. The quantitative estimate of drug-likeness (QED) is 0.780. The van der Waals surface area contributed by atoms with Crippen LogP contribution in [-0.2, 0) is 16.1 Å². The first-order valence-corrected chi connectivity index (χ1v) is 6.55. The summed E-state index contributed by atoms with van der Waals surface area (Å²) in [5.41, 5.74) is 1.61. The molecule has 1 heterocycles. The van der Waals surface area contributed by atoms with Crippen LogP contribution in [0.2, 0.25) is 0 Å². The van der Waals surface area contributed by atoms with Crippen molar-refractivity contribution < 1.29 is 14.3 Å². The van der Waals surface area contributed by atoms with E-state index in [2.05, 4.69) is 11.0 Å².